The second kappa shape index (κ2) is 9.72. The van der Waals surface area contributed by atoms with E-state index >= 15 is 4.39 Å². The predicted molar refractivity (Wildman–Crippen MR) is 134 cm³/mol. The zero-order valence-corrected chi connectivity index (χ0v) is 20.7. The first-order valence-electron chi connectivity index (χ1n) is 11.5. The van der Waals surface area contributed by atoms with E-state index in [1.54, 1.807) is 53.7 Å². The Labute approximate surface area is 216 Å². The Bertz CT molecular complexity index is 1460. The first-order chi connectivity index (χ1) is 17.7. The number of pyridine rings is 1. The summed E-state index contributed by atoms with van der Waals surface area (Å²) in [5.74, 6) is 1.40. The van der Waals surface area contributed by atoms with Gasteiger partial charge in [0.1, 0.15) is 22.9 Å². The van der Waals surface area contributed by atoms with Crippen molar-refractivity contribution in [3.8, 4) is 6.07 Å². The lowest BCUT2D eigenvalue weighted by atomic mass is 10.0. The second-order valence-electron chi connectivity index (χ2n) is 9.12. The van der Waals surface area contributed by atoms with Crippen molar-refractivity contribution in [1.29, 1.82) is 5.26 Å². The summed E-state index contributed by atoms with van der Waals surface area (Å²) in [6.45, 7) is 3.88. The van der Waals surface area contributed by atoms with E-state index in [0.29, 0.717) is 41.8 Å². The Morgan fingerprint density at radius 1 is 1.24 bits per heavy atom. The van der Waals surface area contributed by atoms with Gasteiger partial charge >= 0.3 is 0 Å². The van der Waals surface area contributed by atoms with Crippen molar-refractivity contribution in [1.82, 2.24) is 34.8 Å². The Morgan fingerprint density at radius 2 is 2.08 bits per heavy atom. The maximum Gasteiger partial charge on any atom is 0.229 e. The lowest BCUT2D eigenvalue weighted by molar-refractivity contribution is 0.0690. The summed E-state index contributed by atoms with van der Waals surface area (Å²) >= 11 is 6.30. The molecule has 0 radical (unpaired) electrons. The first-order valence-corrected chi connectivity index (χ1v) is 11.9. The van der Waals surface area contributed by atoms with Gasteiger partial charge in [-0.1, -0.05) is 11.6 Å². The minimum absolute atomic E-state index is 0.108. The lowest BCUT2D eigenvalue weighted by Gasteiger charge is -2.35. The van der Waals surface area contributed by atoms with Crippen LogP contribution in [0.5, 0.6) is 0 Å². The van der Waals surface area contributed by atoms with Gasteiger partial charge in [0, 0.05) is 24.5 Å². The van der Waals surface area contributed by atoms with Gasteiger partial charge in [-0.2, -0.15) is 10.2 Å². The van der Waals surface area contributed by atoms with Crippen LogP contribution in [0, 0.1) is 11.3 Å². The fourth-order valence-corrected chi connectivity index (χ4v) is 4.03. The SMILES string of the molecule is CC(C)(O)c1nc2cc(Nc3ncc(Cl)c(NC4CCN(c5ccc(C#N)nn5)CC4F)n3)ccn2n1. The molecule has 0 aromatic carbocycles. The quantitative estimate of drug-likeness (QED) is 0.342. The van der Waals surface area contributed by atoms with E-state index in [2.05, 4.69) is 40.9 Å². The molecule has 4 aromatic heterocycles. The Kier molecular flexibility index (Phi) is 6.45. The van der Waals surface area contributed by atoms with Gasteiger partial charge in [-0.25, -0.2) is 18.9 Å². The number of anilines is 4. The zero-order chi connectivity index (χ0) is 26.2. The number of nitriles is 1. The van der Waals surface area contributed by atoms with Crippen molar-refractivity contribution < 1.29 is 9.50 Å². The van der Waals surface area contributed by atoms with Crippen LogP contribution in [0.4, 0.5) is 27.7 Å². The fraction of sp³-hybridized carbons (Fsp3) is 0.348. The monoisotopic (exact) mass is 523 g/mol. The van der Waals surface area contributed by atoms with Gasteiger partial charge in [-0.05, 0) is 38.5 Å². The third-order valence-electron chi connectivity index (χ3n) is 5.84. The normalized spacial score (nSPS) is 18.0. The molecule has 1 aliphatic heterocycles. The van der Waals surface area contributed by atoms with Crippen LogP contribution in [-0.4, -0.2) is 65.2 Å². The maximum absolute atomic E-state index is 15.1. The number of nitrogens with one attached hydrogen (secondary N) is 2. The van der Waals surface area contributed by atoms with E-state index < -0.39 is 17.8 Å². The highest BCUT2D eigenvalue weighted by Gasteiger charge is 2.31. The van der Waals surface area contributed by atoms with Crippen LogP contribution in [0.15, 0.2) is 36.7 Å². The lowest BCUT2D eigenvalue weighted by Crippen LogP contribution is -2.48. The number of nitrogens with zero attached hydrogens (tertiary/aromatic N) is 9. The Morgan fingerprint density at radius 3 is 2.78 bits per heavy atom. The average Bonchev–Trinajstić information content (AvgIpc) is 3.31. The number of alkyl halides is 1. The summed E-state index contributed by atoms with van der Waals surface area (Å²) in [6, 6.07) is 8.12. The summed E-state index contributed by atoms with van der Waals surface area (Å²) in [5, 5.41) is 37.6. The van der Waals surface area contributed by atoms with Crippen molar-refractivity contribution in [3.05, 3.63) is 53.2 Å². The smallest absolute Gasteiger partial charge is 0.229 e. The third-order valence-corrected chi connectivity index (χ3v) is 6.11. The van der Waals surface area contributed by atoms with Gasteiger partial charge in [-0.3, -0.25) is 0 Å². The maximum atomic E-state index is 15.1. The molecule has 0 aliphatic carbocycles. The average molecular weight is 524 g/mol. The molecule has 0 bridgehead atoms. The molecular weight excluding hydrogens is 501 g/mol. The van der Waals surface area contributed by atoms with Crippen LogP contribution < -0.4 is 15.5 Å². The molecule has 4 aromatic rings. The highest BCUT2D eigenvalue weighted by molar-refractivity contribution is 6.32. The summed E-state index contributed by atoms with van der Waals surface area (Å²) in [4.78, 5) is 14.8. The van der Waals surface area contributed by atoms with E-state index in [0.717, 1.165) is 0 Å². The van der Waals surface area contributed by atoms with Crippen LogP contribution in [0.2, 0.25) is 5.02 Å². The number of halogens is 2. The number of fused-ring (bicyclic) bond motifs is 1. The molecule has 1 saturated heterocycles. The first kappa shape index (κ1) is 24.5. The van der Waals surface area contributed by atoms with Crippen molar-refractivity contribution in [2.75, 3.05) is 28.6 Å². The summed E-state index contributed by atoms with van der Waals surface area (Å²) in [6.07, 6.45) is 2.39. The zero-order valence-electron chi connectivity index (χ0n) is 20.0. The minimum Gasteiger partial charge on any atom is -0.382 e. The van der Waals surface area contributed by atoms with E-state index in [4.69, 9.17) is 16.9 Å². The molecule has 0 amide bonds. The van der Waals surface area contributed by atoms with Crippen LogP contribution in [0.1, 0.15) is 31.8 Å². The number of hydrogen-bond donors (Lipinski definition) is 3. The molecule has 3 N–H and O–H groups in total. The summed E-state index contributed by atoms with van der Waals surface area (Å²) in [7, 11) is 0. The van der Waals surface area contributed by atoms with E-state index in [-0.39, 0.29) is 23.2 Å². The number of aliphatic hydroxyl groups is 1. The van der Waals surface area contributed by atoms with Gasteiger partial charge in [0.15, 0.2) is 28.8 Å². The van der Waals surface area contributed by atoms with Gasteiger partial charge in [-0.15, -0.1) is 15.3 Å². The number of aromatic nitrogens is 7. The molecule has 5 heterocycles. The van der Waals surface area contributed by atoms with Crippen LogP contribution in [-0.2, 0) is 5.60 Å². The molecule has 0 saturated carbocycles. The topological polar surface area (TPSA) is 153 Å². The van der Waals surface area contributed by atoms with Crippen LogP contribution in [0.3, 0.4) is 0 Å². The predicted octanol–water partition coefficient (Wildman–Crippen LogP) is 2.83. The standard InChI is InChI=1S/C23H23ClFN11O/c1-23(2,37)21-30-19-9-13(5-8-36(19)34-21)28-22-27-11-15(24)20(31-22)29-17-6-7-35(12-16(17)25)18-4-3-14(10-26)32-33-18/h3-5,8-9,11,16-17,37H,6-7,12H2,1-2H3,(H2,27,28,29,31). The molecule has 5 rings (SSSR count). The Hall–Kier alpha value is -4.15. The minimum atomic E-state index is -1.23. The molecule has 2 atom stereocenters. The Balaban J connectivity index is 1.27. The van der Waals surface area contributed by atoms with Gasteiger partial charge in [0.05, 0.1) is 18.8 Å². The molecule has 12 nitrogen and oxygen atoms in total. The summed E-state index contributed by atoms with van der Waals surface area (Å²) < 4.78 is 16.6. The summed E-state index contributed by atoms with van der Waals surface area (Å²) in [5.41, 5.74) is 0.225. The molecule has 2 unspecified atom stereocenters. The largest absolute Gasteiger partial charge is 0.382 e. The second-order valence-corrected chi connectivity index (χ2v) is 9.53. The molecule has 1 aliphatic rings. The molecule has 1 fully saturated rings. The fourth-order valence-electron chi connectivity index (χ4n) is 3.88. The molecule has 190 valence electrons. The highest BCUT2D eigenvalue weighted by atomic mass is 35.5. The van der Waals surface area contributed by atoms with Crippen LogP contribution in [0.25, 0.3) is 5.65 Å². The van der Waals surface area contributed by atoms with Gasteiger partial charge < -0.3 is 20.6 Å². The van der Waals surface area contributed by atoms with Gasteiger partial charge in [0.2, 0.25) is 5.95 Å². The van der Waals surface area contributed by atoms with Crippen molar-refractivity contribution >= 4 is 40.5 Å². The van der Waals surface area contributed by atoms with Crippen molar-refractivity contribution in [2.45, 2.75) is 38.1 Å². The highest BCUT2D eigenvalue weighted by Crippen LogP contribution is 2.27. The van der Waals surface area contributed by atoms with Gasteiger partial charge in [0.25, 0.3) is 0 Å². The number of piperidine rings is 1. The molecular formula is C23H23ClFN11O. The van der Waals surface area contributed by atoms with E-state index in [1.807, 2.05) is 6.07 Å². The van der Waals surface area contributed by atoms with Crippen LogP contribution >= 0.6 is 11.6 Å². The number of hydrogen-bond acceptors (Lipinski definition) is 11. The third kappa shape index (κ3) is 5.35. The number of rotatable bonds is 6. The van der Waals surface area contributed by atoms with Crippen molar-refractivity contribution in [3.63, 3.8) is 0 Å². The van der Waals surface area contributed by atoms with Crippen molar-refractivity contribution in [2.24, 2.45) is 0 Å². The molecule has 37 heavy (non-hydrogen) atoms. The molecule has 0 spiro atoms. The van der Waals surface area contributed by atoms with E-state index in [9.17, 15) is 5.11 Å². The van der Waals surface area contributed by atoms with E-state index in [1.165, 1.54) is 6.20 Å². The molecule has 14 heteroatoms.